The van der Waals surface area contributed by atoms with Crippen molar-refractivity contribution in [3.8, 4) is 16.3 Å². The maximum Gasteiger partial charge on any atom is 0.271 e. The summed E-state index contributed by atoms with van der Waals surface area (Å²) in [6.07, 6.45) is 3.63. The number of carbonyl (C=O) groups excluding carboxylic acids is 1. The van der Waals surface area contributed by atoms with E-state index >= 15 is 0 Å². The number of nitrogens with one attached hydrogen (secondary N) is 1. The third-order valence-electron chi connectivity index (χ3n) is 3.64. The molecule has 0 bridgehead atoms. The van der Waals surface area contributed by atoms with Gasteiger partial charge in [0.2, 0.25) is 0 Å². The highest BCUT2D eigenvalue weighted by atomic mass is 32.1. The van der Waals surface area contributed by atoms with Crippen molar-refractivity contribution in [1.29, 1.82) is 0 Å². The van der Waals surface area contributed by atoms with Crippen molar-refractivity contribution < 1.29 is 4.79 Å². The van der Waals surface area contributed by atoms with Gasteiger partial charge in [-0.2, -0.15) is 16.4 Å². The fourth-order valence-electron chi connectivity index (χ4n) is 2.40. The van der Waals surface area contributed by atoms with Gasteiger partial charge in [0, 0.05) is 35.3 Å². The predicted octanol–water partition coefficient (Wildman–Crippen LogP) is 3.99. The van der Waals surface area contributed by atoms with Gasteiger partial charge in [0.25, 0.3) is 5.91 Å². The fraction of sp³-hybridized carbons (Fsp3) is 0.0556. The molecule has 1 N–H and O–H groups in total. The second-order valence-electron chi connectivity index (χ2n) is 5.35. The molecule has 3 heterocycles. The SMILES string of the molecule is O=C(NCc1cccc(-n2cccn2)c1)c1csc(-c2ccsc2)n1. The molecule has 0 atom stereocenters. The molecule has 4 rings (SSSR count). The fourth-order valence-corrected chi connectivity index (χ4v) is 3.91. The van der Waals surface area contributed by atoms with Gasteiger partial charge in [-0.25, -0.2) is 9.67 Å². The molecular weight excluding hydrogens is 352 g/mol. The molecule has 1 amide bonds. The smallest absolute Gasteiger partial charge is 0.271 e. The van der Waals surface area contributed by atoms with Crippen molar-refractivity contribution in [2.24, 2.45) is 0 Å². The van der Waals surface area contributed by atoms with E-state index < -0.39 is 0 Å². The van der Waals surface area contributed by atoms with Crippen LogP contribution in [0.25, 0.3) is 16.3 Å². The maximum atomic E-state index is 12.3. The summed E-state index contributed by atoms with van der Waals surface area (Å²) in [6, 6.07) is 11.8. The van der Waals surface area contributed by atoms with E-state index in [4.69, 9.17) is 0 Å². The first-order valence-corrected chi connectivity index (χ1v) is 9.47. The van der Waals surface area contributed by atoms with Crippen molar-refractivity contribution in [3.05, 3.63) is 76.2 Å². The van der Waals surface area contributed by atoms with Gasteiger partial charge in [0.05, 0.1) is 5.69 Å². The molecule has 0 aliphatic rings. The molecule has 0 saturated carbocycles. The Hall–Kier alpha value is -2.77. The Morgan fingerprint density at radius 3 is 2.96 bits per heavy atom. The summed E-state index contributed by atoms with van der Waals surface area (Å²) in [6.45, 7) is 0.444. The van der Waals surface area contributed by atoms with Crippen LogP contribution in [0.5, 0.6) is 0 Å². The van der Waals surface area contributed by atoms with Gasteiger partial charge in [-0.3, -0.25) is 4.79 Å². The van der Waals surface area contributed by atoms with E-state index in [1.165, 1.54) is 11.3 Å². The topological polar surface area (TPSA) is 59.8 Å². The molecule has 0 radical (unpaired) electrons. The van der Waals surface area contributed by atoms with Crippen LogP contribution in [-0.4, -0.2) is 20.7 Å². The van der Waals surface area contributed by atoms with Gasteiger partial charge in [-0.05, 0) is 35.2 Å². The number of aromatic nitrogens is 3. The van der Waals surface area contributed by atoms with E-state index in [1.54, 1.807) is 27.6 Å². The van der Waals surface area contributed by atoms with Gasteiger partial charge < -0.3 is 5.32 Å². The highest BCUT2D eigenvalue weighted by Crippen LogP contribution is 2.25. The van der Waals surface area contributed by atoms with Gasteiger partial charge in [-0.15, -0.1) is 11.3 Å². The minimum absolute atomic E-state index is 0.165. The molecular formula is C18H14N4OS2. The minimum atomic E-state index is -0.165. The van der Waals surface area contributed by atoms with Crippen molar-refractivity contribution in [1.82, 2.24) is 20.1 Å². The maximum absolute atomic E-state index is 12.3. The largest absolute Gasteiger partial charge is 0.347 e. The number of hydrogen-bond donors (Lipinski definition) is 1. The summed E-state index contributed by atoms with van der Waals surface area (Å²) in [4.78, 5) is 16.8. The first-order valence-electron chi connectivity index (χ1n) is 7.65. The van der Waals surface area contributed by atoms with E-state index in [9.17, 15) is 4.79 Å². The summed E-state index contributed by atoms with van der Waals surface area (Å²) in [5.74, 6) is -0.165. The molecule has 25 heavy (non-hydrogen) atoms. The van der Waals surface area contributed by atoms with E-state index in [0.29, 0.717) is 12.2 Å². The summed E-state index contributed by atoms with van der Waals surface area (Å²) in [5, 5.41) is 13.8. The average molecular weight is 366 g/mol. The Balaban J connectivity index is 1.43. The number of thiazole rings is 1. The molecule has 4 aromatic rings. The normalized spacial score (nSPS) is 10.7. The first-order chi connectivity index (χ1) is 12.3. The Morgan fingerprint density at radius 2 is 2.16 bits per heavy atom. The van der Waals surface area contributed by atoms with Crippen LogP contribution in [0, 0.1) is 0 Å². The van der Waals surface area contributed by atoms with Crippen LogP contribution in [0.4, 0.5) is 0 Å². The predicted molar refractivity (Wildman–Crippen MR) is 100 cm³/mol. The Labute approximate surface area is 152 Å². The summed E-state index contributed by atoms with van der Waals surface area (Å²) >= 11 is 3.10. The molecule has 124 valence electrons. The first kappa shape index (κ1) is 15.7. The number of carbonyl (C=O) groups is 1. The van der Waals surface area contributed by atoms with Crippen molar-refractivity contribution in [2.75, 3.05) is 0 Å². The number of thiophene rings is 1. The lowest BCUT2D eigenvalue weighted by molar-refractivity contribution is 0.0946. The standard InChI is InChI=1S/C18H14N4OS2/c23-17(16-12-25-18(21-16)14-5-8-24-11-14)19-10-13-3-1-4-15(9-13)22-7-2-6-20-22/h1-9,11-12H,10H2,(H,19,23). The molecule has 0 fully saturated rings. The van der Waals surface area contributed by atoms with E-state index in [2.05, 4.69) is 15.4 Å². The Morgan fingerprint density at radius 1 is 1.20 bits per heavy atom. The number of amides is 1. The van der Waals surface area contributed by atoms with Gasteiger partial charge in [0.15, 0.2) is 0 Å². The monoisotopic (exact) mass is 366 g/mol. The van der Waals surface area contributed by atoms with Crippen molar-refractivity contribution in [3.63, 3.8) is 0 Å². The number of rotatable bonds is 5. The summed E-state index contributed by atoms with van der Waals surface area (Å²) < 4.78 is 1.79. The minimum Gasteiger partial charge on any atom is -0.347 e. The van der Waals surface area contributed by atoms with E-state index in [1.807, 2.05) is 53.4 Å². The Bertz CT molecular complexity index is 974. The van der Waals surface area contributed by atoms with Crippen LogP contribution >= 0.6 is 22.7 Å². The van der Waals surface area contributed by atoms with Gasteiger partial charge in [-0.1, -0.05) is 12.1 Å². The van der Waals surface area contributed by atoms with E-state index in [-0.39, 0.29) is 5.91 Å². The lowest BCUT2D eigenvalue weighted by Crippen LogP contribution is -2.23. The van der Waals surface area contributed by atoms with Gasteiger partial charge >= 0.3 is 0 Å². The average Bonchev–Trinajstić information content (AvgIpc) is 3.41. The zero-order valence-corrected chi connectivity index (χ0v) is 14.8. The molecule has 0 unspecified atom stereocenters. The van der Waals surface area contributed by atoms with E-state index in [0.717, 1.165) is 21.8 Å². The van der Waals surface area contributed by atoms with Crippen LogP contribution in [0.3, 0.4) is 0 Å². The summed E-state index contributed by atoms with van der Waals surface area (Å²) in [5.41, 5.74) is 3.48. The molecule has 0 aliphatic carbocycles. The molecule has 0 spiro atoms. The third-order valence-corrected chi connectivity index (χ3v) is 5.21. The highest BCUT2D eigenvalue weighted by molar-refractivity contribution is 7.14. The molecule has 7 heteroatoms. The zero-order valence-electron chi connectivity index (χ0n) is 13.1. The molecule has 3 aromatic heterocycles. The van der Waals surface area contributed by atoms with Crippen LogP contribution in [-0.2, 0) is 6.54 Å². The van der Waals surface area contributed by atoms with Crippen LogP contribution in [0.15, 0.2) is 64.9 Å². The Kier molecular flexibility index (Phi) is 4.41. The van der Waals surface area contributed by atoms with Gasteiger partial charge in [0.1, 0.15) is 10.7 Å². The zero-order chi connectivity index (χ0) is 17.1. The summed E-state index contributed by atoms with van der Waals surface area (Å²) in [7, 11) is 0. The molecule has 1 aromatic carbocycles. The number of hydrogen-bond acceptors (Lipinski definition) is 5. The second-order valence-corrected chi connectivity index (χ2v) is 6.99. The van der Waals surface area contributed by atoms with Crippen LogP contribution in [0.1, 0.15) is 16.1 Å². The highest BCUT2D eigenvalue weighted by Gasteiger charge is 2.12. The van der Waals surface area contributed by atoms with Crippen molar-refractivity contribution in [2.45, 2.75) is 6.54 Å². The lowest BCUT2D eigenvalue weighted by Gasteiger charge is -2.06. The quantitative estimate of drug-likeness (QED) is 0.581. The third kappa shape index (κ3) is 3.52. The van der Waals surface area contributed by atoms with Crippen molar-refractivity contribution >= 4 is 28.6 Å². The lowest BCUT2D eigenvalue weighted by atomic mass is 10.2. The molecule has 0 saturated heterocycles. The number of nitrogens with zero attached hydrogens (tertiary/aromatic N) is 3. The van der Waals surface area contributed by atoms with Crippen LogP contribution in [0.2, 0.25) is 0 Å². The molecule has 0 aliphatic heterocycles. The molecule has 5 nitrogen and oxygen atoms in total. The second kappa shape index (κ2) is 7.00. The van der Waals surface area contributed by atoms with Crippen LogP contribution < -0.4 is 5.32 Å². The number of benzene rings is 1.